The van der Waals surface area contributed by atoms with Crippen molar-refractivity contribution in [3.8, 4) is 16.3 Å². The summed E-state index contributed by atoms with van der Waals surface area (Å²) < 4.78 is 67.1. The zero-order valence-electron chi connectivity index (χ0n) is 14.3. The fourth-order valence-corrected chi connectivity index (χ4v) is 3.49. The predicted molar refractivity (Wildman–Crippen MR) is 97.1 cm³/mol. The first-order valence-electron chi connectivity index (χ1n) is 8.07. The molecule has 29 heavy (non-hydrogen) atoms. The van der Waals surface area contributed by atoms with Crippen LogP contribution < -0.4 is 5.32 Å². The average molecular weight is 423 g/mol. The number of alkyl halides is 3. The quantitative estimate of drug-likeness (QED) is 0.445. The number of thiazole rings is 1. The molecule has 5 nitrogen and oxygen atoms in total. The van der Waals surface area contributed by atoms with Gasteiger partial charge in [0.05, 0.1) is 5.56 Å². The fourth-order valence-electron chi connectivity index (χ4n) is 2.56. The summed E-state index contributed by atoms with van der Waals surface area (Å²) in [5.74, 6) is -1.54. The zero-order valence-corrected chi connectivity index (χ0v) is 15.1. The molecule has 0 atom stereocenters. The summed E-state index contributed by atoms with van der Waals surface area (Å²) in [7, 11) is 0. The predicted octanol–water partition coefficient (Wildman–Crippen LogP) is 5.43. The lowest BCUT2D eigenvalue weighted by Gasteiger charge is -2.07. The second kappa shape index (κ2) is 7.24. The number of benzene rings is 2. The Hall–Kier alpha value is -3.34. The van der Waals surface area contributed by atoms with Gasteiger partial charge in [0.15, 0.2) is 5.13 Å². The van der Waals surface area contributed by atoms with Crippen molar-refractivity contribution < 1.29 is 22.0 Å². The fraction of sp³-hybridized carbons (Fsp3) is 0.0556. The first kappa shape index (κ1) is 19.0. The molecule has 1 N–H and O–H groups in total. The highest BCUT2D eigenvalue weighted by atomic mass is 32.1. The molecule has 0 saturated heterocycles. The van der Waals surface area contributed by atoms with Gasteiger partial charge in [-0.1, -0.05) is 11.3 Å². The van der Waals surface area contributed by atoms with Crippen LogP contribution in [0.3, 0.4) is 0 Å². The summed E-state index contributed by atoms with van der Waals surface area (Å²) >= 11 is 1.09. The van der Waals surface area contributed by atoms with Crippen LogP contribution in [-0.2, 0) is 6.18 Å². The Bertz CT molecular complexity index is 1140. The summed E-state index contributed by atoms with van der Waals surface area (Å²) in [5, 5.41) is 7.58. The number of nitrogens with zero attached hydrogens (tertiary/aromatic N) is 4. The molecule has 0 bridgehead atoms. The van der Waals surface area contributed by atoms with Crippen molar-refractivity contribution in [2.75, 3.05) is 5.32 Å². The first-order valence-corrected chi connectivity index (χ1v) is 8.88. The van der Waals surface area contributed by atoms with Crippen molar-refractivity contribution in [1.82, 2.24) is 19.7 Å². The highest BCUT2D eigenvalue weighted by Gasteiger charge is 2.30. The molecule has 0 spiro atoms. The van der Waals surface area contributed by atoms with Crippen LogP contribution in [0.25, 0.3) is 16.3 Å². The molecule has 0 aliphatic heterocycles. The van der Waals surface area contributed by atoms with Gasteiger partial charge in [-0.25, -0.2) is 23.4 Å². The van der Waals surface area contributed by atoms with Gasteiger partial charge in [0, 0.05) is 17.3 Å². The minimum absolute atomic E-state index is 0.0496. The third kappa shape index (κ3) is 3.94. The molecular formula is C18H10F5N5S. The highest BCUT2D eigenvalue weighted by molar-refractivity contribution is 7.18. The van der Waals surface area contributed by atoms with Crippen LogP contribution in [0, 0.1) is 11.6 Å². The lowest BCUT2D eigenvalue weighted by Crippen LogP contribution is -2.04. The van der Waals surface area contributed by atoms with Crippen molar-refractivity contribution in [2.45, 2.75) is 6.18 Å². The Kier molecular flexibility index (Phi) is 4.74. The third-order valence-electron chi connectivity index (χ3n) is 3.89. The second-order valence-corrected chi connectivity index (χ2v) is 6.81. The van der Waals surface area contributed by atoms with Gasteiger partial charge >= 0.3 is 6.18 Å². The van der Waals surface area contributed by atoms with E-state index in [1.165, 1.54) is 35.5 Å². The van der Waals surface area contributed by atoms with E-state index in [4.69, 9.17) is 0 Å². The topological polar surface area (TPSA) is 55.6 Å². The summed E-state index contributed by atoms with van der Waals surface area (Å²) in [6.45, 7) is 0. The molecule has 148 valence electrons. The van der Waals surface area contributed by atoms with E-state index in [1.807, 2.05) is 0 Å². The highest BCUT2D eigenvalue weighted by Crippen LogP contribution is 2.37. The van der Waals surface area contributed by atoms with Gasteiger partial charge in [-0.3, -0.25) is 0 Å². The van der Waals surface area contributed by atoms with Crippen molar-refractivity contribution in [3.63, 3.8) is 0 Å². The first-order chi connectivity index (χ1) is 13.8. The molecule has 0 fully saturated rings. The average Bonchev–Trinajstić information content (AvgIpc) is 3.31. The lowest BCUT2D eigenvalue weighted by molar-refractivity contribution is -0.137. The van der Waals surface area contributed by atoms with E-state index in [9.17, 15) is 22.0 Å². The van der Waals surface area contributed by atoms with E-state index in [-0.39, 0.29) is 16.4 Å². The van der Waals surface area contributed by atoms with E-state index in [0.717, 1.165) is 35.6 Å². The van der Waals surface area contributed by atoms with E-state index in [1.54, 1.807) is 0 Å². The lowest BCUT2D eigenvalue weighted by atomic mass is 10.1. The molecule has 2 aromatic heterocycles. The van der Waals surface area contributed by atoms with Crippen molar-refractivity contribution >= 4 is 22.2 Å². The van der Waals surface area contributed by atoms with Crippen LogP contribution in [0.4, 0.5) is 32.8 Å². The summed E-state index contributed by atoms with van der Waals surface area (Å²) in [6, 6.07) is 7.50. The summed E-state index contributed by atoms with van der Waals surface area (Å²) in [4.78, 5) is 8.17. The number of aromatic nitrogens is 4. The van der Waals surface area contributed by atoms with Gasteiger partial charge in [-0.05, 0) is 36.4 Å². The summed E-state index contributed by atoms with van der Waals surface area (Å²) in [5.41, 5.74) is -0.177. The van der Waals surface area contributed by atoms with Crippen molar-refractivity contribution in [1.29, 1.82) is 0 Å². The molecule has 11 heteroatoms. The molecule has 0 radical (unpaired) electrons. The smallest absolute Gasteiger partial charge is 0.331 e. The van der Waals surface area contributed by atoms with Crippen LogP contribution in [0.1, 0.15) is 5.56 Å². The molecule has 0 aliphatic rings. The van der Waals surface area contributed by atoms with Crippen LogP contribution in [0.5, 0.6) is 0 Å². The Morgan fingerprint density at radius 2 is 1.76 bits per heavy atom. The Labute approximate surface area is 164 Å². The SMILES string of the molecule is Fc1ccc(-c2nc(Nc3ccc(C(F)(F)F)cc3)sc2-n2cncn2)c(F)c1. The number of anilines is 2. The largest absolute Gasteiger partial charge is 0.416 e. The standard InChI is InChI=1S/C18H10F5N5S/c19-11-3-6-13(14(20)7-11)15-16(28-9-24-8-25-28)29-17(27-15)26-12-4-1-10(2-5-12)18(21,22)23/h1-9H,(H,26,27). The maximum atomic E-state index is 14.3. The van der Waals surface area contributed by atoms with Gasteiger partial charge in [-0.2, -0.15) is 18.3 Å². The van der Waals surface area contributed by atoms with Gasteiger partial charge in [0.1, 0.15) is 35.0 Å². The van der Waals surface area contributed by atoms with Gasteiger partial charge in [-0.15, -0.1) is 0 Å². The van der Waals surface area contributed by atoms with Crippen molar-refractivity contribution in [2.24, 2.45) is 0 Å². The minimum Gasteiger partial charge on any atom is -0.331 e. The summed E-state index contributed by atoms with van der Waals surface area (Å²) in [6.07, 6.45) is -1.76. The second-order valence-electron chi connectivity index (χ2n) is 5.84. The molecule has 0 aliphatic carbocycles. The third-order valence-corrected chi connectivity index (χ3v) is 4.85. The molecule has 2 heterocycles. The maximum absolute atomic E-state index is 14.3. The van der Waals surface area contributed by atoms with E-state index in [2.05, 4.69) is 20.4 Å². The Morgan fingerprint density at radius 3 is 2.38 bits per heavy atom. The molecule has 2 aromatic carbocycles. The van der Waals surface area contributed by atoms with Gasteiger partial charge in [0.25, 0.3) is 0 Å². The normalized spacial score (nSPS) is 11.6. The molecular weight excluding hydrogens is 413 g/mol. The van der Waals surface area contributed by atoms with Gasteiger partial charge in [0.2, 0.25) is 0 Å². The van der Waals surface area contributed by atoms with E-state index >= 15 is 0 Å². The van der Waals surface area contributed by atoms with E-state index < -0.39 is 23.4 Å². The van der Waals surface area contributed by atoms with Gasteiger partial charge < -0.3 is 5.32 Å². The van der Waals surface area contributed by atoms with Crippen LogP contribution in [0.15, 0.2) is 55.1 Å². The molecule has 0 amide bonds. The number of hydrogen-bond acceptors (Lipinski definition) is 5. The Morgan fingerprint density at radius 1 is 1.00 bits per heavy atom. The number of halogens is 5. The zero-order chi connectivity index (χ0) is 20.6. The van der Waals surface area contributed by atoms with Crippen molar-refractivity contribution in [3.05, 3.63) is 72.3 Å². The Balaban J connectivity index is 1.72. The maximum Gasteiger partial charge on any atom is 0.416 e. The van der Waals surface area contributed by atoms with Crippen LogP contribution >= 0.6 is 11.3 Å². The molecule has 4 rings (SSSR count). The van der Waals surface area contributed by atoms with Crippen LogP contribution in [0.2, 0.25) is 0 Å². The monoisotopic (exact) mass is 423 g/mol. The molecule has 0 unspecified atom stereocenters. The number of nitrogens with one attached hydrogen (secondary N) is 1. The molecule has 4 aromatic rings. The minimum atomic E-state index is -4.44. The number of hydrogen-bond donors (Lipinski definition) is 1. The number of rotatable bonds is 4. The molecule has 0 saturated carbocycles. The van der Waals surface area contributed by atoms with E-state index in [0.29, 0.717) is 10.7 Å². The van der Waals surface area contributed by atoms with Crippen LogP contribution in [-0.4, -0.2) is 19.7 Å².